The van der Waals surface area contributed by atoms with E-state index in [4.69, 9.17) is 4.74 Å². The second-order valence-corrected chi connectivity index (χ2v) is 6.42. The van der Waals surface area contributed by atoms with E-state index < -0.39 is 10.0 Å². The van der Waals surface area contributed by atoms with Crippen molar-refractivity contribution < 1.29 is 13.2 Å². The Hall–Kier alpha value is -2.02. The Morgan fingerprint density at radius 1 is 1.29 bits per heavy atom. The van der Waals surface area contributed by atoms with Gasteiger partial charge in [0.2, 0.25) is 0 Å². The molecule has 0 atom stereocenters. The molecule has 0 aliphatic carbocycles. The summed E-state index contributed by atoms with van der Waals surface area (Å²) in [6.07, 6.45) is 0. The fourth-order valence-corrected chi connectivity index (χ4v) is 3.56. The zero-order valence-corrected chi connectivity index (χ0v) is 13.3. The van der Waals surface area contributed by atoms with Gasteiger partial charge in [-0.3, -0.25) is 9.82 Å². The number of H-pyrrole nitrogens is 1. The zero-order valence-electron chi connectivity index (χ0n) is 12.5. The summed E-state index contributed by atoms with van der Waals surface area (Å²) in [6.45, 7) is 7.56. The molecule has 2 rings (SSSR count). The third kappa shape index (κ3) is 3.18. The van der Waals surface area contributed by atoms with Gasteiger partial charge >= 0.3 is 0 Å². The number of nitrogens with zero attached hydrogens (tertiary/aromatic N) is 1. The van der Waals surface area contributed by atoms with Crippen molar-refractivity contribution in [2.45, 2.75) is 32.6 Å². The Bertz CT molecular complexity index is 731. The summed E-state index contributed by atoms with van der Waals surface area (Å²) >= 11 is 0. The van der Waals surface area contributed by atoms with Crippen LogP contribution in [0.4, 0.5) is 5.69 Å². The molecule has 1 aromatic carbocycles. The Kier molecular flexibility index (Phi) is 4.22. The standard InChI is InChI=1S/C14H19N3O3S/c1-5-20-13-8-9(2)6-7-12(13)17-21(18,19)14-10(3)15-16-11(14)4/h6-8,17H,5H2,1-4H3,(H,15,16). The van der Waals surface area contributed by atoms with E-state index in [0.29, 0.717) is 29.4 Å². The van der Waals surface area contributed by atoms with Crippen LogP contribution in [0.25, 0.3) is 0 Å². The van der Waals surface area contributed by atoms with Crippen molar-refractivity contribution in [2.75, 3.05) is 11.3 Å². The summed E-state index contributed by atoms with van der Waals surface area (Å²) in [6, 6.07) is 5.33. The Balaban J connectivity index is 2.42. The topological polar surface area (TPSA) is 84.1 Å². The number of benzene rings is 1. The fraction of sp³-hybridized carbons (Fsp3) is 0.357. The minimum Gasteiger partial charge on any atom is -0.492 e. The minimum absolute atomic E-state index is 0.172. The first-order valence-corrected chi connectivity index (χ1v) is 8.11. The number of nitrogens with one attached hydrogen (secondary N) is 2. The molecule has 2 aromatic rings. The highest BCUT2D eigenvalue weighted by Crippen LogP contribution is 2.29. The predicted molar refractivity (Wildman–Crippen MR) is 81.2 cm³/mol. The molecule has 7 heteroatoms. The van der Waals surface area contributed by atoms with E-state index in [0.717, 1.165) is 5.56 Å². The van der Waals surface area contributed by atoms with Crippen LogP contribution < -0.4 is 9.46 Å². The fourth-order valence-electron chi connectivity index (χ4n) is 2.12. The third-order valence-corrected chi connectivity index (χ3v) is 4.64. The van der Waals surface area contributed by atoms with E-state index in [1.807, 2.05) is 19.9 Å². The lowest BCUT2D eigenvalue weighted by molar-refractivity contribution is 0.342. The summed E-state index contributed by atoms with van der Waals surface area (Å²) in [5, 5.41) is 6.60. The van der Waals surface area contributed by atoms with Crippen LogP contribution >= 0.6 is 0 Å². The molecule has 0 saturated heterocycles. The molecule has 1 heterocycles. The first kappa shape index (κ1) is 15.4. The van der Waals surface area contributed by atoms with Gasteiger partial charge in [0.25, 0.3) is 10.0 Å². The van der Waals surface area contributed by atoms with Gasteiger partial charge in [-0.05, 0) is 45.4 Å². The number of aryl methyl sites for hydroxylation is 3. The van der Waals surface area contributed by atoms with Crippen LogP contribution in [-0.4, -0.2) is 25.2 Å². The van der Waals surface area contributed by atoms with Crippen molar-refractivity contribution in [3.63, 3.8) is 0 Å². The molecule has 0 bridgehead atoms. The molecule has 0 aliphatic rings. The third-order valence-electron chi connectivity index (χ3n) is 3.01. The van der Waals surface area contributed by atoms with Gasteiger partial charge < -0.3 is 4.74 Å². The van der Waals surface area contributed by atoms with Crippen molar-refractivity contribution in [3.8, 4) is 5.75 Å². The van der Waals surface area contributed by atoms with E-state index in [1.165, 1.54) is 0 Å². The lowest BCUT2D eigenvalue weighted by atomic mass is 10.2. The van der Waals surface area contributed by atoms with E-state index in [1.54, 1.807) is 26.0 Å². The highest BCUT2D eigenvalue weighted by Gasteiger charge is 2.23. The van der Waals surface area contributed by atoms with E-state index in [2.05, 4.69) is 14.9 Å². The van der Waals surface area contributed by atoms with Gasteiger partial charge in [0.05, 0.1) is 23.7 Å². The van der Waals surface area contributed by atoms with Gasteiger partial charge in [-0.1, -0.05) is 6.07 Å². The van der Waals surface area contributed by atoms with Crippen molar-refractivity contribution in [1.29, 1.82) is 0 Å². The van der Waals surface area contributed by atoms with Gasteiger partial charge in [0.1, 0.15) is 10.6 Å². The molecule has 0 saturated carbocycles. The summed E-state index contributed by atoms with van der Waals surface area (Å²) < 4.78 is 33.1. The Morgan fingerprint density at radius 2 is 2.00 bits per heavy atom. The lowest BCUT2D eigenvalue weighted by Gasteiger charge is -2.13. The molecule has 0 unspecified atom stereocenters. The normalized spacial score (nSPS) is 11.4. The average molecular weight is 309 g/mol. The van der Waals surface area contributed by atoms with Crippen LogP contribution in [0.3, 0.4) is 0 Å². The van der Waals surface area contributed by atoms with Crippen LogP contribution in [0.5, 0.6) is 5.75 Å². The van der Waals surface area contributed by atoms with Gasteiger partial charge in [-0.25, -0.2) is 8.42 Å². The summed E-state index contributed by atoms with van der Waals surface area (Å²) in [4.78, 5) is 0.172. The molecule has 1 aromatic heterocycles. The summed E-state index contributed by atoms with van der Waals surface area (Å²) in [5.74, 6) is 0.514. The number of sulfonamides is 1. The summed E-state index contributed by atoms with van der Waals surface area (Å²) in [5.41, 5.74) is 2.36. The maximum atomic E-state index is 12.5. The Morgan fingerprint density at radius 3 is 2.57 bits per heavy atom. The maximum Gasteiger partial charge on any atom is 0.265 e. The first-order valence-electron chi connectivity index (χ1n) is 6.63. The molecule has 114 valence electrons. The zero-order chi connectivity index (χ0) is 15.6. The molecule has 0 amide bonds. The number of hydrogen-bond acceptors (Lipinski definition) is 4. The van der Waals surface area contributed by atoms with Crippen molar-refractivity contribution in [1.82, 2.24) is 10.2 Å². The number of aromatic amines is 1. The molecular weight excluding hydrogens is 290 g/mol. The molecule has 0 aliphatic heterocycles. The second kappa shape index (κ2) is 5.77. The Labute approximate surface area is 124 Å². The molecule has 2 N–H and O–H groups in total. The van der Waals surface area contributed by atoms with Crippen LogP contribution in [0.2, 0.25) is 0 Å². The van der Waals surface area contributed by atoms with E-state index >= 15 is 0 Å². The lowest BCUT2D eigenvalue weighted by Crippen LogP contribution is -2.15. The number of anilines is 1. The van der Waals surface area contributed by atoms with E-state index in [9.17, 15) is 8.42 Å². The van der Waals surface area contributed by atoms with Crippen molar-refractivity contribution in [3.05, 3.63) is 35.2 Å². The predicted octanol–water partition coefficient (Wildman–Crippen LogP) is 2.53. The van der Waals surface area contributed by atoms with Gasteiger partial charge in [0, 0.05) is 0 Å². The second-order valence-electron chi connectivity index (χ2n) is 4.80. The molecule has 0 fully saturated rings. The largest absolute Gasteiger partial charge is 0.492 e. The SMILES string of the molecule is CCOc1cc(C)ccc1NS(=O)(=O)c1c(C)n[nH]c1C. The highest BCUT2D eigenvalue weighted by atomic mass is 32.2. The van der Waals surface area contributed by atoms with Crippen LogP contribution in [0, 0.1) is 20.8 Å². The molecule has 0 spiro atoms. The van der Waals surface area contributed by atoms with Gasteiger partial charge in [-0.2, -0.15) is 5.10 Å². The molecular formula is C14H19N3O3S. The molecule has 6 nitrogen and oxygen atoms in total. The number of ether oxygens (including phenoxy) is 1. The highest BCUT2D eigenvalue weighted by molar-refractivity contribution is 7.92. The van der Waals surface area contributed by atoms with Crippen molar-refractivity contribution >= 4 is 15.7 Å². The van der Waals surface area contributed by atoms with Gasteiger partial charge in [0.15, 0.2) is 0 Å². The molecule has 0 radical (unpaired) electrons. The summed E-state index contributed by atoms with van der Waals surface area (Å²) in [7, 11) is -3.71. The first-order chi connectivity index (χ1) is 9.85. The maximum absolute atomic E-state index is 12.5. The van der Waals surface area contributed by atoms with Crippen molar-refractivity contribution in [2.24, 2.45) is 0 Å². The number of aromatic nitrogens is 2. The average Bonchev–Trinajstić information content (AvgIpc) is 2.73. The van der Waals surface area contributed by atoms with Crippen LogP contribution in [-0.2, 0) is 10.0 Å². The van der Waals surface area contributed by atoms with Crippen LogP contribution in [0.1, 0.15) is 23.9 Å². The number of hydrogen-bond donors (Lipinski definition) is 2. The quantitative estimate of drug-likeness (QED) is 0.889. The molecule has 21 heavy (non-hydrogen) atoms. The van der Waals surface area contributed by atoms with E-state index in [-0.39, 0.29) is 4.90 Å². The monoisotopic (exact) mass is 309 g/mol. The minimum atomic E-state index is -3.71. The van der Waals surface area contributed by atoms with Gasteiger partial charge in [-0.15, -0.1) is 0 Å². The van der Waals surface area contributed by atoms with Crippen LogP contribution in [0.15, 0.2) is 23.1 Å². The number of rotatable bonds is 5. The smallest absolute Gasteiger partial charge is 0.265 e.